The first kappa shape index (κ1) is 13.6. The van der Waals surface area contributed by atoms with E-state index < -0.39 is 0 Å². The molecule has 0 saturated heterocycles. The van der Waals surface area contributed by atoms with Gasteiger partial charge in [0.05, 0.1) is 0 Å². The van der Waals surface area contributed by atoms with Crippen molar-refractivity contribution in [3.8, 4) is 0 Å². The van der Waals surface area contributed by atoms with Gasteiger partial charge in [0.25, 0.3) is 5.56 Å². The minimum atomic E-state index is -0.381. The number of hydrogen-bond donors (Lipinski definition) is 1. The molecule has 112 valence electrons. The van der Waals surface area contributed by atoms with Crippen molar-refractivity contribution in [1.29, 1.82) is 0 Å². The number of imidazole rings is 2. The van der Waals surface area contributed by atoms with Gasteiger partial charge in [-0.1, -0.05) is 0 Å². The molecule has 0 fully saturated rings. The van der Waals surface area contributed by atoms with Crippen molar-refractivity contribution in [3.05, 3.63) is 32.2 Å². The standard InChI is InChI=1S/C13H18N6O2/c1-7-8(2)19-9-10(15-12(19)18(7)6-5-14)16(3)13(21)17(4)11(9)20/h5-6,14H2,1-4H3. The van der Waals surface area contributed by atoms with Crippen molar-refractivity contribution in [2.75, 3.05) is 6.54 Å². The Morgan fingerprint density at radius 3 is 2.38 bits per heavy atom. The van der Waals surface area contributed by atoms with E-state index in [1.54, 1.807) is 7.05 Å². The summed E-state index contributed by atoms with van der Waals surface area (Å²) in [6.45, 7) is 4.99. The Hall–Kier alpha value is -2.35. The minimum Gasteiger partial charge on any atom is -0.329 e. The molecule has 0 bridgehead atoms. The molecule has 0 aliphatic heterocycles. The summed E-state index contributed by atoms with van der Waals surface area (Å²) in [6.07, 6.45) is 0. The van der Waals surface area contributed by atoms with Gasteiger partial charge in [-0.2, -0.15) is 4.98 Å². The molecule has 0 unspecified atom stereocenters. The van der Waals surface area contributed by atoms with E-state index in [9.17, 15) is 9.59 Å². The molecule has 3 rings (SSSR count). The highest BCUT2D eigenvalue weighted by Gasteiger charge is 2.21. The molecule has 0 spiro atoms. The van der Waals surface area contributed by atoms with Crippen LogP contribution in [0.5, 0.6) is 0 Å². The Labute approximate surface area is 120 Å². The summed E-state index contributed by atoms with van der Waals surface area (Å²) in [7, 11) is 3.09. The molecule has 3 aromatic heterocycles. The third kappa shape index (κ3) is 1.56. The smallest absolute Gasteiger partial charge is 0.329 e. The second-order valence-corrected chi connectivity index (χ2v) is 5.24. The maximum Gasteiger partial charge on any atom is 0.332 e. The van der Waals surface area contributed by atoms with Gasteiger partial charge in [0, 0.05) is 38.6 Å². The predicted molar refractivity (Wildman–Crippen MR) is 79.7 cm³/mol. The molecule has 3 aromatic rings. The Morgan fingerprint density at radius 1 is 1.10 bits per heavy atom. The fraction of sp³-hybridized carbons (Fsp3) is 0.462. The highest BCUT2D eigenvalue weighted by Crippen LogP contribution is 2.20. The average molecular weight is 290 g/mol. The quantitative estimate of drug-likeness (QED) is 0.673. The van der Waals surface area contributed by atoms with Gasteiger partial charge in [0.15, 0.2) is 11.2 Å². The van der Waals surface area contributed by atoms with Gasteiger partial charge < -0.3 is 10.3 Å². The van der Waals surface area contributed by atoms with Gasteiger partial charge in [-0.15, -0.1) is 0 Å². The highest BCUT2D eigenvalue weighted by molar-refractivity contribution is 5.76. The van der Waals surface area contributed by atoms with Gasteiger partial charge in [-0.25, -0.2) is 4.79 Å². The third-order valence-electron chi connectivity index (χ3n) is 4.10. The zero-order valence-corrected chi connectivity index (χ0v) is 12.5. The van der Waals surface area contributed by atoms with Crippen LogP contribution in [0.4, 0.5) is 0 Å². The number of aromatic nitrogens is 5. The first-order valence-electron chi connectivity index (χ1n) is 6.74. The van der Waals surface area contributed by atoms with E-state index in [1.807, 2.05) is 22.8 Å². The summed E-state index contributed by atoms with van der Waals surface area (Å²) < 4.78 is 6.28. The second kappa shape index (κ2) is 4.32. The zero-order chi connectivity index (χ0) is 15.5. The average Bonchev–Trinajstić information content (AvgIpc) is 2.95. The highest BCUT2D eigenvalue weighted by atomic mass is 16.2. The van der Waals surface area contributed by atoms with Gasteiger partial charge in [-0.3, -0.25) is 18.3 Å². The molecule has 3 heterocycles. The van der Waals surface area contributed by atoms with Crippen LogP contribution in [0.3, 0.4) is 0 Å². The number of rotatable bonds is 2. The van der Waals surface area contributed by atoms with Crippen LogP contribution in [0.15, 0.2) is 9.59 Å². The lowest BCUT2D eigenvalue weighted by atomic mass is 10.3. The number of fused-ring (bicyclic) bond motifs is 3. The van der Waals surface area contributed by atoms with Gasteiger partial charge in [-0.05, 0) is 13.8 Å². The molecule has 0 amide bonds. The lowest BCUT2D eigenvalue weighted by molar-refractivity contribution is 0.700. The van der Waals surface area contributed by atoms with Crippen LogP contribution in [0.1, 0.15) is 11.4 Å². The number of nitrogens with two attached hydrogens (primary N) is 1. The van der Waals surface area contributed by atoms with Gasteiger partial charge in [0.2, 0.25) is 5.78 Å². The zero-order valence-electron chi connectivity index (χ0n) is 12.5. The normalized spacial score (nSPS) is 11.9. The van der Waals surface area contributed by atoms with Crippen molar-refractivity contribution in [3.63, 3.8) is 0 Å². The fourth-order valence-electron chi connectivity index (χ4n) is 2.79. The van der Waals surface area contributed by atoms with E-state index in [2.05, 4.69) is 4.98 Å². The summed E-state index contributed by atoms with van der Waals surface area (Å²) in [4.78, 5) is 29.0. The van der Waals surface area contributed by atoms with E-state index >= 15 is 0 Å². The molecule has 0 aliphatic rings. The summed E-state index contributed by atoms with van der Waals surface area (Å²) in [5.74, 6) is 0.642. The summed E-state index contributed by atoms with van der Waals surface area (Å²) in [6, 6.07) is 0. The lowest BCUT2D eigenvalue weighted by Gasteiger charge is -2.04. The van der Waals surface area contributed by atoms with Crippen LogP contribution >= 0.6 is 0 Å². The molecule has 0 atom stereocenters. The van der Waals surface area contributed by atoms with E-state index in [0.29, 0.717) is 30.0 Å². The van der Waals surface area contributed by atoms with E-state index in [4.69, 9.17) is 5.73 Å². The Bertz CT molecular complexity index is 985. The molecular weight excluding hydrogens is 272 g/mol. The van der Waals surface area contributed by atoms with Crippen molar-refractivity contribution >= 4 is 16.9 Å². The number of hydrogen-bond acceptors (Lipinski definition) is 4. The lowest BCUT2D eigenvalue weighted by Crippen LogP contribution is -2.37. The van der Waals surface area contributed by atoms with Crippen LogP contribution in [0.2, 0.25) is 0 Å². The monoisotopic (exact) mass is 290 g/mol. The Morgan fingerprint density at radius 2 is 1.76 bits per heavy atom. The van der Waals surface area contributed by atoms with Crippen molar-refractivity contribution < 1.29 is 0 Å². The van der Waals surface area contributed by atoms with Crippen LogP contribution < -0.4 is 17.0 Å². The number of nitrogens with zero attached hydrogens (tertiary/aromatic N) is 5. The molecule has 2 N–H and O–H groups in total. The largest absolute Gasteiger partial charge is 0.332 e. The molecule has 21 heavy (non-hydrogen) atoms. The summed E-state index contributed by atoms with van der Waals surface area (Å²) in [5, 5.41) is 0. The van der Waals surface area contributed by atoms with Crippen LogP contribution in [0.25, 0.3) is 16.9 Å². The fourth-order valence-corrected chi connectivity index (χ4v) is 2.79. The van der Waals surface area contributed by atoms with Gasteiger partial charge >= 0.3 is 5.69 Å². The Balaban J connectivity index is 2.64. The second-order valence-electron chi connectivity index (χ2n) is 5.24. The molecule has 0 aromatic carbocycles. The minimum absolute atomic E-state index is 0.339. The van der Waals surface area contributed by atoms with Crippen molar-refractivity contribution in [1.82, 2.24) is 23.1 Å². The van der Waals surface area contributed by atoms with Gasteiger partial charge in [0.1, 0.15) is 0 Å². The molecular formula is C13H18N6O2. The molecule has 0 aliphatic carbocycles. The molecule has 0 radical (unpaired) electrons. The van der Waals surface area contributed by atoms with Crippen molar-refractivity contribution in [2.45, 2.75) is 20.4 Å². The molecule has 0 saturated carbocycles. The topological polar surface area (TPSA) is 92.2 Å². The molecule has 8 nitrogen and oxygen atoms in total. The summed E-state index contributed by atoms with van der Waals surface area (Å²) >= 11 is 0. The number of aryl methyl sites for hydroxylation is 2. The SMILES string of the molecule is Cc1c(C)n2c3c(=O)n(C)c(=O)n(C)c3nc2n1CCN. The van der Waals surface area contributed by atoms with Crippen LogP contribution in [-0.2, 0) is 20.6 Å². The van der Waals surface area contributed by atoms with E-state index in [-0.39, 0.29) is 11.2 Å². The first-order chi connectivity index (χ1) is 9.90. The van der Waals surface area contributed by atoms with E-state index in [0.717, 1.165) is 16.0 Å². The van der Waals surface area contributed by atoms with Crippen molar-refractivity contribution in [2.24, 2.45) is 19.8 Å². The first-order valence-corrected chi connectivity index (χ1v) is 6.74. The maximum absolute atomic E-state index is 12.5. The summed E-state index contributed by atoms with van der Waals surface area (Å²) in [5.41, 5.74) is 7.69. The van der Waals surface area contributed by atoms with Crippen LogP contribution in [0, 0.1) is 13.8 Å². The predicted octanol–water partition coefficient (Wildman–Crippen LogP) is -0.738. The van der Waals surface area contributed by atoms with Crippen LogP contribution in [-0.4, -0.2) is 29.6 Å². The third-order valence-corrected chi connectivity index (χ3v) is 4.10. The van der Waals surface area contributed by atoms with E-state index in [1.165, 1.54) is 11.6 Å². The Kier molecular flexibility index (Phi) is 2.80. The molecule has 8 heteroatoms. The maximum atomic E-state index is 12.5.